The molecule has 0 spiro atoms. The molecule has 0 radical (unpaired) electrons. The van der Waals surface area contributed by atoms with Gasteiger partial charge < -0.3 is 20.2 Å². The van der Waals surface area contributed by atoms with Crippen LogP contribution in [0.2, 0.25) is 0 Å². The molecule has 17 heavy (non-hydrogen) atoms. The van der Waals surface area contributed by atoms with Gasteiger partial charge in [-0.15, -0.1) is 0 Å². The van der Waals surface area contributed by atoms with Crippen LogP contribution in [0, 0.1) is 19.8 Å². The van der Waals surface area contributed by atoms with Crippen LogP contribution in [0.4, 0.5) is 0 Å². The lowest BCUT2D eigenvalue weighted by molar-refractivity contribution is -0.125. The highest BCUT2D eigenvalue weighted by Gasteiger charge is 2.31. The standard InChI is InChI=1S/C11H17N3O3/c1-6-7(2)17-10(14-6)3-13-11(15)8-4-16-5-9(8)12/h8-9H,3-5,12H2,1-2H3,(H,13,15). The molecule has 0 aromatic carbocycles. The third-order valence-corrected chi connectivity index (χ3v) is 2.95. The highest BCUT2D eigenvalue weighted by Crippen LogP contribution is 2.12. The van der Waals surface area contributed by atoms with E-state index in [1.54, 1.807) is 0 Å². The molecule has 1 aliphatic rings. The molecular weight excluding hydrogens is 222 g/mol. The fourth-order valence-electron chi connectivity index (χ4n) is 1.75. The molecule has 6 heteroatoms. The van der Waals surface area contributed by atoms with Gasteiger partial charge in [-0.2, -0.15) is 0 Å². The number of aryl methyl sites for hydroxylation is 2. The summed E-state index contributed by atoms with van der Waals surface area (Å²) in [6.45, 7) is 4.82. The Morgan fingerprint density at radius 2 is 2.29 bits per heavy atom. The van der Waals surface area contributed by atoms with Crippen molar-refractivity contribution in [1.29, 1.82) is 0 Å². The van der Waals surface area contributed by atoms with Crippen LogP contribution in [-0.2, 0) is 16.1 Å². The summed E-state index contributed by atoms with van der Waals surface area (Å²) >= 11 is 0. The quantitative estimate of drug-likeness (QED) is 0.767. The lowest BCUT2D eigenvalue weighted by Crippen LogP contribution is -2.40. The summed E-state index contributed by atoms with van der Waals surface area (Å²) in [5.41, 5.74) is 6.59. The average molecular weight is 239 g/mol. The SMILES string of the molecule is Cc1nc(CNC(=O)C2COCC2N)oc1C. The smallest absolute Gasteiger partial charge is 0.227 e. The van der Waals surface area contributed by atoms with Gasteiger partial charge in [0.05, 0.1) is 31.4 Å². The van der Waals surface area contributed by atoms with Gasteiger partial charge in [-0.3, -0.25) is 4.79 Å². The second-order valence-corrected chi connectivity index (χ2v) is 4.27. The molecule has 2 rings (SSSR count). The van der Waals surface area contributed by atoms with Crippen LogP contribution in [0.3, 0.4) is 0 Å². The maximum absolute atomic E-state index is 11.8. The summed E-state index contributed by atoms with van der Waals surface area (Å²) < 4.78 is 10.5. The van der Waals surface area contributed by atoms with E-state index in [9.17, 15) is 4.79 Å². The van der Waals surface area contributed by atoms with Crippen LogP contribution in [0.1, 0.15) is 17.3 Å². The lowest BCUT2D eigenvalue weighted by atomic mass is 10.0. The molecule has 1 saturated heterocycles. The van der Waals surface area contributed by atoms with Gasteiger partial charge >= 0.3 is 0 Å². The first-order valence-electron chi connectivity index (χ1n) is 5.62. The van der Waals surface area contributed by atoms with Crippen LogP contribution in [0.15, 0.2) is 4.42 Å². The van der Waals surface area contributed by atoms with Gasteiger partial charge in [0.15, 0.2) is 0 Å². The molecule has 2 atom stereocenters. The number of rotatable bonds is 3. The van der Waals surface area contributed by atoms with E-state index < -0.39 is 0 Å². The fourth-order valence-corrected chi connectivity index (χ4v) is 1.75. The summed E-state index contributed by atoms with van der Waals surface area (Å²) in [6.07, 6.45) is 0. The third-order valence-electron chi connectivity index (χ3n) is 2.95. The number of nitrogens with zero attached hydrogens (tertiary/aromatic N) is 1. The number of nitrogens with one attached hydrogen (secondary N) is 1. The van der Waals surface area contributed by atoms with Crippen molar-refractivity contribution in [2.75, 3.05) is 13.2 Å². The van der Waals surface area contributed by atoms with E-state index in [2.05, 4.69) is 10.3 Å². The first-order valence-corrected chi connectivity index (χ1v) is 5.62. The molecule has 2 heterocycles. The summed E-state index contributed by atoms with van der Waals surface area (Å²) in [5, 5.41) is 2.76. The summed E-state index contributed by atoms with van der Waals surface area (Å²) in [7, 11) is 0. The maximum atomic E-state index is 11.8. The van der Waals surface area contributed by atoms with Gasteiger partial charge in [0.2, 0.25) is 11.8 Å². The fraction of sp³-hybridized carbons (Fsp3) is 0.636. The molecule has 1 fully saturated rings. The minimum absolute atomic E-state index is 0.108. The van der Waals surface area contributed by atoms with Crippen molar-refractivity contribution in [3.63, 3.8) is 0 Å². The van der Waals surface area contributed by atoms with Gasteiger partial charge in [0, 0.05) is 6.04 Å². The maximum Gasteiger partial charge on any atom is 0.227 e. The molecule has 0 saturated carbocycles. The van der Waals surface area contributed by atoms with Gasteiger partial charge in [0.1, 0.15) is 5.76 Å². The van der Waals surface area contributed by atoms with Crippen molar-refractivity contribution in [3.05, 3.63) is 17.3 Å². The summed E-state index contributed by atoms with van der Waals surface area (Å²) in [6, 6.07) is -0.219. The van der Waals surface area contributed by atoms with Crippen molar-refractivity contribution in [2.24, 2.45) is 11.7 Å². The Morgan fingerprint density at radius 3 is 2.82 bits per heavy atom. The predicted molar refractivity (Wildman–Crippen MR) is 60.1 cm³/mol. The predicted octanol–water partition coefficient (Wildman–Crippen LogP) is -0.119. The molecule has 94 valence electrons. The topological polar surface area (TPSA) is 90.4 Å². The van der Waals surface area contributed by atoms with Crippen LogP contribution < -0.4 is 11.1 Å². The Morgan fingerprint density at radius 1 is 1.53 bits per heavy atom. The van der Waals surface area contributed by atoms with Crippen molar-refractivity contribution in [3.8, 4) is 0 Å². The van der Waals surface area contributed by atoms with Gasteiger partial charge in [-0.25, -0.2) is 4.98 Å². The molecule has 0 bridgehead atoms. The number of carbonyl (C=O) groups excluding carboxylic acids is 1. The first kappa shape index (κ1) is 12.1. The van der Waals surface area contributed by atoms with E-state index in [-0.39, 0.29) is 24.4 Å². The zero-order valence-electron chi connectivity index (χ0n) is 10.0. The van der Waals surface area contributed by atoms with E-state index in [4.69, 9.17) is 14.9 Å². The Labute approximate surface area is 99.5 Å². The zero-order valence-corrected chi connectivity index (χ0v) is 10.0. The minimum atomic E-state index is -0.271. The Hall–Kier alpha value is -1.40. The number of aromatic nitrogens is 1. The Bertz CT molecular complexity index is 397. The molecule has 1 aromatic rings. The molecule has 3 N–H and O–H groups in total. The Kier molecular flexibility index (Phi) is 3.44. The number of hydrogen-bond donors (Lipinski definition) is 2. The molecule has 1 amide bonds. The molecule has 1 aromatic heterocycles. The zero-order chi connectivity index (χ0) is 12.4. The average Bonchev–Trinajstić information content (AvgIpc) is 2.83. The van der Waals surface area contributed by atoms with E-state index >= 15 is 0 Å². The molecule has 1 aliphatic heterocycles. The number of hydrogen-bond acceptors (Lipinski definition) is 5. The van der Waals surface area contributed by atoms with Gasteiger partial charge in [-0.1, -0.05) is 0 Å². The van der Waals surface area contributed by atoms with Crippen molar-refractivity contribution in [2.45, 2.75) is 26.4 Å². The summed E-state index contributed by atoms with van der Waals surface area (Å²) in [5.74, 6) is 0.909. The largest absolute Gasteiger partial charge is 0.444 e. The second-order valence-electron chi connectivity index (χ2n) is 4.27. The van der Waals surface area contributed by atoms with E-state index in [0.717, 1.165) is 11.5 Å². The van der Waals surface area contributed by atoms with E-state index in [1.807, 2.05) is 13.8 Å². The number of carbonyl (C=O) groups is 1. The minimum Gasteiger partial charge on any atom is -0.444 e. The second kappa shape index (κ2) is 4.85. The number of amides is 1. The highest BCUT2D eigenvalue weighted by molar-refractivity contribution is 5.79. The van der Waals surface area contributed by atoms with Crippen LogP contribution in [0.25, 0.3) is 0 Å². The monoisotopic (exact) mass is 239 g/mol. The molecule has 2 unspecified atom stereocenters. The highest BCUT2D eigenvalue weighted by atomic mass is 16.5. The van der Waals surface area contributed by atoms with Gasteiger partial charge in [0.25, 0.3) is 0 Å². The Balaban J connectivity index is 1.87. The third kappa shape index (κ3) is 2.65. The number of ether oxygens (including phenoxy) is 1. The van der Waals surface area contributed by atoms with Crippen LogP contribution >= 0.6 is 0 Å². The van der Waals surface area contributed by atoms with E-state index in [1.165, 1.54) is 0 Å². The molecular formula is C11H17N3O3. The van der Waals surface area contributed by atoms with Gasteiger partial charge in [-0.05, 0) is 13.8 Å². The lowest BCUT2D eigenvalue weighted by Gasteiger charge is -2.11. The first-order chi connectivity index (χ1) is 8.08. The normalized spacial score (nSPS) is 23.9. The summed E-state index contributed by atoms with van der Waals surface area (Å²) in [4.78, 5) is 16.0. The van der Waals surface area contributed by atoms with E-state index in [0.29, 0.717) is 19.1 Å². The molecule has 0 aliphatic carbocycles. The van der Waals surface area contributed by atoms with Crippen LogP contribution in [-0.4, -0.2) is 30.1 Å². The number of nitrogens with two attached hydrogens (primary N) is 1. The van der Waals surface area contributed by atoms with Crippen molar-refractivity contribution < 1.29 is 13.9 Å². The molecule has 6 nitrogen and oxygen atoms in total. The van der Waals surface area contributed by atoms with Crippen molar-refractivity contribution in [1.82, 2.24) is 10.3 Å². The number of oxazole rings is 1. The van der Waals surface area contributed by atoms with Crippen LogP contribution in [0.5, 0.6) is 0 Å². The van der Waals surface area contributed by atoms with Crippen molar-refractivity contribution >= 4 is 5.91 Å².